The van der Waals surface area contributed by atoms with E-state index < -0.39 is 24.5 Å². The number of nitrogens with one attached hydrogen (secondary N) is 1. The number of imide groups is 1. The van der Waals surface area contributed by atoms with E-state index in [1.807, 2.05) is 31.2 Å². The van der Waals surface area contributed by atoms with E-state index >= 15 is 0 Å². The number of carbonyl (C=O) groups is 3. The van der Waals surface area contributed by atoms with Gasteiger partial charge in [-0.3, -0.25) is 9.69 Å². The number of aliphatic carboxylic acids is 1. The summed E-state index contributed by atoms with van der Waals surface area (Å²) in [5, 5.41) is 11.4. The molecule has 0 atom stereocenters. The predicted molar refractivity (Wildman–Crippen MR) is 106 cm³/mol. The lowest BCUT2D eigenvalue weighted by molar-refractivity contribution is -0.139. The van der Waals surface area contributed by atoms with Crippen molar-refractivity contribution in [2.45, 2.75) is 13.5 Å². The number of hydrogen-bond donors (Lipinski definition) is 2. The summed E-state index contributed by atoms with van der Waals surface area (Å²) >= 11 is 3.33. The maximum absolute atomic E-state index is 12.7. The molecule has 1 saturated heterocycles. The molecule has 1 aliphatic heterocycles. The summed E-state index contributed by atoms with van der Waals surface area (Å²) in [5.74, 6) is -1.29. The Hall–Kier alpha value is -3.13. The highest BCUT2D eigenvalue weighted by Gasteiger charge is 2.33. The Kier molecular flexibility index (Phi) is 5.79. The van der Waals surface area contributed by atoms with Gasteiger partial charge in [-0.2, -0.15) is 0 Å². The van der Waals surface area contributed by atoms with Gasteiger partial charge in [-0.1, -0.05) is 45.8 Å². The molecular formula is C20H17BrN2O5. The van der Waals surface area contributed by atoms with Gasteiger partial charge in [0.25, 0.3) is 5.91 Å². The molecular weight excluding hydrogens is 428 g/mol. The number of carbonyl (C=O) groups excluding carboxylic acids is 2. The summed E-state index contributed by atoms with van der Waals surface area (Å²) in [4.78, 5) is 36.8. The molecule has 0 spiro atoms. The number of urea groups is 1. The quantitative estimate of drug-likeness (QED) is 0.526. The Morgan fingerprint density at radius 3 is 2.61 bits per heavy atom. The number of hydrogen-bond acceptors (Lipinski definition) is 4. The highest BCUT2D eigenvalue weighted by atomic mass is 79.9. The van der Waals surface area contributed by atoms with Crippen LogP contribution in [0.15, 0.2) is 52.6 Å². The smallest absolute Gasteiger partial charge is 0.341 e. The van der Waals surface area contributed by atoms with Crippen LogP contribution in [0.25, 0.3) is 6.08 Å². The number of amides is 3. The molecule has 2 aromatic carbocycles. The van der Waals surface area contributed by atoms with Crippen molar-refractivity contribution >= 4 is 39.9 Å². The molecule has 1 fully saturated rings. The second-order valence-corrected chi connectivity index (χ2v) is 7.15. The van der Waals surface area contributed by atoms with Crippen LogP contribution in [-0.2, 0) is 16.1 Å². The van der Waals surface area contributed by atoms with Crippen molar-refractivity contribution in [3.8, 4) is 5.75 Å². The lowest BCUT2D eigenvalue weighted by Gasteiger charge is -2.12. The molecule has 144 valence electrons. The monoisotopic (exact) mass is 444 g/mol. The molecule has 0 radical (unpaired) electrons. The van der Waals surface area contributed by atoms with Gasteiger partial charge in [0.1, 0.15) is 11.4 Å². The molecule has 0 saturated carbocycles. The van der Waals surface area contributed by atoms with Crippen LogP contribution in [0.1, 0.15) is 16.7 Å². The number of benzene rings is 2. The number of rotatable bonds is 6. The highest BCUT2D eigenvalue weighted by molar-refractivity contribution is 9.10. The van der Waals surface area contributed by atoms with Gasteiger partial charge in [0, 0.05) is 10.0 Å². The minimum Gasteiger partial charge on any atom is -0.481 e. The first kappa shape index (κ1) is 19.6. The third kappa shape index (κ3) is 4.58. The fourth-order valence-corrected chi connectivity index (χ4v) is 3.03. The molecule has 28 heavy (non-hydrogen) atoms. The Balaban J connectivity index is 1.84. The molecule has 7 nitrogen and oxygen atoms in total. The lowest BCUT2D eigenvalue weighted by atomic mass is 10.1. The number of ether oxygens (including phenoxy) is 1. The predicted octanol–water partition coefficient (Wildman–Crippen LogP) is 3.31. The van der Waals surface area contributed by atoms with Gasteiger partial charge in [0.15, 0.2) is 6.61 Å². The topological polar surface area (TPSA) is 95.9 Å². The van der Waals surface area contributed by atoms with E-state index in [2.05, 4.69) is 21.2 Å². The van der Waals surface area contributed by atoms with Crippen molar-refractivity contribution in [1.29, 1.82) is 0 Å². The van der Waals surface area contributed by atoms with E-state index in [4.69, 9.17) is 9.84 Å². The average molecular weight is 445 g/mol. The SMILES string of the molecule is Cc1ccc(CN2C(=O)N/C(=C/c3cc(Br)ccc3OCC(=O)O)C2=O)cc1. The summed E-state index contributed by atoms with van der Waals surface area (Å²) in [5.41, 5.74) is 2.49. The first-order chi connectivity index (χ1) is 13.3. The molecule has 0 aromatic heterocycles. The zero-order valence-electron chi connectivity index (χ0n) is 14.9. The van der Waals surface area contributed by atoms with Crippen molar-refractivity contribution in [3.63, 3.8) is 0 Å². The fraction of sp³-hybridized carbons (Fsp3) is 0.150. The standard InChI is InChI=1S/C20H17BrN2O5/c1-12-2-4-13(5-3-12)10-23-19(26)16(22-20(23)27)9-14-8-15(21)6-7-17(14)28-11-18(24)25/h2-9H,10-11H2,1H3,(H,22,27)(H,24,25)/b16-9+. The Morgan fingerprint density at radius 1 is 1.21 bits per heavy atom. The number of carboxylic acid groups (broad SMARTS) is 1. The van der Waals surface area contributed by atoms with Crippen LogP contribution in [0.5, 0.6) is 5.75 Å². The van der Waals surface area contributed by atoms with E-state index in [0.717, 1.165) is 20.5 Å². The minimum atomic E-state index is -1.11. The summed E-state index contributed by atoms with van der Waals surface area (Å²) < 4.78 is 5.97. The van der Waals surface area contributed by atoms with Gasteiger partial charge in [-0.05, 0) is 36.8 Å². The molecule has 0 bridgehead atoms. The number of halogens is 1. The molecule has 2 aromatic rings. The summed E-state index contributed by atoms with van der Waals surface area (Å²) in [6.45, 7) is 1.60. The zero-order valence-corrected chi connectivity index (χ0v) is 16.5. The Bertz CT molecular complexity index is 969. The number of aryl methyl sites for hydroxylation is 1. The molecule has 1 aliphatic rings. The van der Waals surface area contributed by atoms with Gasteiger partial charge in [-0.15, -0.1) is 0 Å². The van der Waals surface area contributed by atoms with Crippen LogP contribution in [0.3, 0.4) is 0 Å². The average Bonchev–Trinajstić information content (AvgIpc) is 2.90. The molecule has 8 heteroatoms. The maximum Gasteiger partial charge on any atom is 0.341 e. The molecule has 2 N–H and O–H groups in total. The second-order valence-electron chi connectivity index (χ2n) is 6.23. The van der Waals surface area contributed by atoms with Crippen LogP contribution < -0.4 is 10.1 Å². The van der Waals surface area contributed by atoms with Crippen molar-refractivity contribution in [3.05, 3.63) is 69.3 Å². The van der Waals surface area contributed by atoms with Crippen LogP contribution >= 0.6 is 15.9 Å². The van der Waals surface area contributed by atoms with Gasteiger partial charge in [0.05, 0.1) is 6.54 Å². The van der Waals surface area contributed by atoms with Crippen molar-refractivity contribution in [2.24, 2.45) is 0 Å². The summed E-state index contributed by atoms with van der Waals surface area (Å²) in [7, 11) is 0. The van der Waals surface area contributed by atoms with Crippen LogP contribution in [-0.4, -0.2) is 34.5 Å². The molecule has 1 heterocycles. The van der Waals surface area contributed by atoms with Crippen molar-refractivity contribution in [2.75, 3.05) is 6.61 Å². The normalized spacial score (nSPS) is 15.1. The maximum atomic E-state index is 12.7. The van der Waals surface area contributed by atoms with E-state index in [0.29, 0.717) is 5.56 Å². The summed E-state index contributed by atoms with van der Waals surface area (Å²) in [6, 6.07) is 12.0. The van der Waals surface area contributed by atoms with Crippen molar-refractivity contribution < 1.29 is 24.2 Å². The van der Waals surface area contributed by atoms with Gasteiger partial charge in [0.2, 0.25) is 0 Å². The second kappa shape index (κ2) is 8.26. The third-order valence-corrected chi connectivity index (χ3v) is 4.54. The number of carboxylic acids is 1. The minimum absolute atomic E-state index is 0.0930. The number of nitrogens with zero attached hydrogens (tertiary/aromatic N) is 1. The molecule has 3 rings (SSSR count). The largest absolute Gasteiger partial charge is 0.481 e. The Labute approximate surface area is 169 Å². The van der Waals surface area contributed by atoms with Crippen molar-refractivity contribution in [1.82, 2.24) is 10.2 Å². The van der Waals surface area contributed by atoms with E-state index in [1.54, 1.807) is 18.2 Å². The molecule has 0 aliphatic carbocycles. The van der Waals surface area contributed by atoms with Crippen LogP contribution in [0.2, 0.25) is 0 Å². The van der Waals surface area contributed by atoms with E-state index in [-0.39, 0.29) is 18.0 Å². The van der Waals surface area contributed by atoms with Gasteiger partial charge in [-0.25, -0.2) is 9.59 Å². The summed E-state index contributed by atoms with van der Waals surface area (Å²) in [6.07, 6.45) is 1.47. The van der Waals surface area contributed by atoms with Gasteiger partial charge >= 0.3 is 12.0 Å². The lowest BCUT2D eigenvalue weighted by Crippen LogP contribution is -2.30. The Morgan fingerprint density at radius 2 is 1.93 bits per heavy atom. The van der Waals surface area contributed by atoms with E-state index in [1.165, 1.54) is 6.08 Å². The molecule has 0 unspecified atom stereocenters. The van der Waals surface area contributed by atoms with Crippen LogP contribution in [0, 0.1) is 6.92 Å². The molecule has 3 amide bonds. The van der Waals surface area contributed by atoms with E-state index in [9.17, 15) is 14.4 Å². The zero-order chi connectivity index (χ0) is 20.3. The fourth-order valence-electron chi connectivity index (χ4n) is 2.65. The highest BCUT2D eigenvalue weighted by Crippen LogP contribution is 2.27. The first-order valence-electron chi connectivity index (χ1n) is 8.38. The third-order valence-electron chi connectivity index (χ3n) is 4.05. The van der Waals surface area contributed by atoms with Crippen LogP contribution in [0.4, 0.5) is 4.79 Å². The first-order valence-corrected chi connectivity index (χ1v) is 9.17. The van der Waals surface area contributed by atoms with Gasteiger partial charge < -0.3 is 15.2 Å².